The van der Waals surface area contributed by atoms with Crippen LogP contribution in [0, 0.1) is 0 Å². The molecular weight excluding hydrogens is 396 g/mol. The molecule has 1 fully saturated rings. The van der Waals surface area contributed by atoms with Crippen LogP contribution in [0.3, 0.4) is 0 Å². The maximum absolute atomic E-state index is 13.6. The molecule has 2 aliphatic rings. The number of rotatable bonds is 7. The first-order valence-electron chi connectivity index (χ1n) is 10.4. The maximum atomic E-state index is 13.6. The number of likely N-dealkylation sites (tertiary alicyclic amines) is 1. The van der Waals surface area contributed by atoms with E-state index in [0.717, 1.165) is 25.9 Å². The molecule has 4 rings (SSSR count). The molecule has 0 spiro atoms. The SMILES string of the molecule is CCOc1cccc(N2C(=O)C(c3ccc(OC)c(OC)c3)=C(N3CCCC3)C2=O)c1. The number of anilines is 1. The normalized spacial score (nSPS) is 16.4. The summed E-state index contributed by atoms with van der Waals surface area (Å²) in [5, 5.41) is 0. The highest BCUT2D eigenvalue weighted by molar-refractivity contribution is 6.45. The lowest BCUT2D eigenvalue weighted by Crippen LogP contribution is -2.34. The number of carbonyl (C=O) groups excluding carboxylic acids is 2. The van der Waals surface area contributed by atoms with Crippen molar-refractivity contribution in [2.75, 3.05) is 38.8 Å². The number of nitrogens with zero attached hydrogens (tertiary/aromatic N) is 2. The number of amides is 2. The highest BCUT2D eigenvalue weighted by atomic mass is 16.5. The van der Waals surface area contributed by atoms with Gasteiger partial charge in [0.25, 0.3) is 11.8 Å². The van der Waals surface area contributed by atoms with Gasteiger partial charge in [0.15, 0.2) is 11.5 Å². The summed E-state index contributed by atoms with van der Waals surface area (Å²) in [6.45, 7) is 3.89. The number of hydrogen-bond donors (Lipinski definition) is 0. The van der Waals surface area contributed by atoms with Crippen LogP contribution in [0.4, 0.5) is 5.69 Å². The van der Waals surface area contributed by atoms with E-state index < -0.39 is 0 Å². The van der Waals surface area contributed by atoms with Gasteiger partial charge in [0.05, 0.1) is 32.1 Å². The Bertz CT molecular complexity index is 1040. The Kier molecular flexibility index (Phi) is 5.84. The summed E-state index contributed by atoms with van der Waals surface area (Å²) >= 11 is 0. The van der Waals surface area contributed by atoms with E-state index in [1.165, 1.54) is 4.90 Å². The van der Waals surface area contributed by atoms with Crippen LogP contribution >= 0.6 is 0 Å². The van der Waals surface area contributed by atoms with Gasteiger partial charge >= 0.3 is 0 Å². The summed E-state index contributed by atoms with van der Waals surface area (Å²) in [5.74, 6) is 1.01. The van der Waals surface area contributed by atoms with E-state index in [2.05, 4.69) is 0 Å². The maximum Gasteiger partial charge on any atom is 0.282 e. The number of carbonyl (C=O) groups is 2. The van der Waals surface area contributed by atoms with Gasteiger partial charge in [-0.15, -0.1) is 0 Å². The van der Waals surface area contributed by atoms with Crippen LogP contribution in [0.25, 0.3) is 5.57 Å². The Hall–Kier alpha value is -3.48. The molecule has 1 saturated heterocycles. The average molecular weight is 422 g/mol. The fraction of sp³-hybridized carbons (Fsp3) is 0.333. The largest absolute Gasteiger partial charge is 0.494 e. The van der Waals surface area contributed by atoms with Crippen molar-refractivity contribution in [1.82, 2.24) is 4.90 Å². The van der Waals surface area contributed by atoms with Crippen molar-refractivity contribution in [1.29, 1.82) is 0 Å². The minimum atomic E-state index is -0.354. The molecule has 2 amide bonds. The van der Waals surface area contributed by atoms with E-state index in [0.29, 0.717) is 46.4 Å². The quantitative estimate of drug-likeness (QED) is 0.637. The van der Waals surface area contributed by atoms with Crippen molar-refractivity contribution in [2.45, 2.75) is 19.8 Å². The topological polar surface area (TPSA) is 68.3 Å². The van der Waals surface area contributed by atoms with E-state index in [4.69, 9.17) is 14.2 Å². The fourth-order valence-electron chi connectivity index (χ4n) is 4.12. The smallest absolute Gasteiger partial charge is 0.282 e. The Labute approximate surface area is 181 Å². The Morgan fingerprint density at radius 2 is 1.65 bits per heavy atom. The Morgan fingerprint density at radius 3 is 2.32 bits per heavy atom. The van der Waals surface area contributed by atoms with Crippen LogP contribution in [0.15, 0.2) is 48.2 Å². The van der Waals surface area contributed by atoms with Crippen LogP contribution in [0.1, 0.15) is 25.3 Å². The first-order chi connectivity index (χ1) is 15.1. The summed E-state index contributed by atoms with van der Waals surface area (Å²) in [7, 11) is 3.11. The lowest BCUT2D eigenvalue weighted by atomic mass is 10.0. The molecular formula is C24H26N2O5. The highest BCUT2D eigenvalue weighted by Crippen LogP contribution is 2.39. The molecule has 0 saturated carbocycles. The second-order valence-corrected chi connectivity index (χ2v) is 7.36. The zero-order valence-corrected chi connectivity index (χ0v) is 18.0. The van der Waals surface area contributed by atoms with Gasteiger partial charge in [-0.25, -0.2) is 4.90 Å². The van der Waals surface area contributed by atoms with E-state index in [1.807, 2.05) is 17.9 Å². The summed E-state index contributed by atoms with van der Waals surface area (Å²) in [6, 6.07) is 12.3. The summed E-state index contributed by atoms with van der Waals surface area (Å²) in [4.78, 5) is 30.4. The molecule has 2 aliphatic heterocycles. The van der Waals surface area contributed by atoms with E-state index in [-0.39, 0.29) is 11.8 Å². The van der Waals surface area contributed by atoms with Gasteiger partial charge in [-0.2, -0.15) is 0 Å². The molecule has 31 heavy (non-hydrogen) atoms. The molecule has 162 valence electrons. The summed E-state index contributed by atoms with van der Waals surface area (Å²) < 4.78 is 16.3. The molecule has 0 radical (unpaired) electrons. The first kappa shape index (κ1) is 20.8. The van der Waals surface area contributed by atoms with Crippen molar-refractivity contribution >= 4 is 23.1 Å². The number of methoxy groups -OCH3 is 2. The molecule has 0 unspecified atom stereocenters. The number of imide groups is 1. The zero-order valence-electron chi connectivity index (χ0n) is 18.0. The van der Waals surface area contributed by atoms with Gasteiger partial charge in [-0.1, -0.05) is 12.1 Å². The van der Waals surface area contributed by atoms with E-state index in [1.54, 1.807) is 50.6 Å². The lowest BCUT2D eigenvalue weighted by Gasteiger charge is -2.20. The predicted octanol–water partition coefficient (Wildman–Crippen LogP) is 3.48. The third-order valence-corrected chi connectivity index (χ3v) is 5.54. The van der Waals surface area contributed by atoms with Crippen molar-refractivity contribution in [3.8, 4) is 17.2 Å². The number of benzene rings is 2. The standard InChI is InChI=1S/C24H26N2O5/c1-4-31-18-9-7-8-17(15-18)26-23(27)21(22(24(26)28)25-12-5-6-13-25)16-10-11-19(29-2)20(14-16)30-3/h7-11,14-15H,4-6,12-13H2,1-3H3. The second-order valence-electron chi connectivity index (χ2n) is 7.36. The highest BCUT2D eigenvalue weighted by Gasteiger charge is 2.43. The molecule has 2 heterocycles. The number of ether oxygens (including phenoxy) is 3. The van der Waals surface area contributed by atoms with Crippen LogP contribution in [0.5, 0.6) is 17.2 Å². The molecule has 7 heteroatoms. The third-order valence-electron chi connectivity index (χ3n) is 5.54. The van der Waals surface area contributed by atoms with Crippen molar-refractivity contribution in [3.05, 3.63) is 53.7 Å². The Balaban J connectivity index is 1.81. The van der Waals surface area contributed by atoms with Gasteiger partial charge < -0.3 is 19.1 Å². The molecule has 2 aromatic carbocycles. The van der Waals surface area contributed by atoms with Gasteiger partial charge in [-0.05, 0) is 49.6 Å². The van der Waals surface area contributed by atoms with Crippen molar-refractivity contribution in [3.63, 3.8) is 0 Å². The van der Waals surface area contributed by atoms with Gasteiger partial charge in [0.1, 0.15) is 11.4 Å². The molecule has 2 aromatic rings. The third kappa shape index (κ3) is 3.71. The molecule has 0 bridgehead atoms. The van der Waals surface area contributed by atoms with Crippen LogP contribution in [0.2, 0.25) is 0 Å². The first-order valence-corrected chi connectivity index (χ1v) is 10.4. The van der Waals surface area contributed by atoms with E-state index >= 15 is 0 Å². The van der Waals surface area contributed by atoms with Gasteiger partial charge in [0, 0.05) is 19.2 Å². The number of hydrogen-bond acceptors (Lipinski definition) is 6. The second kappa shape index (κ2) is 8.71. The van der Waals surface area contributed by atoms with Crippen LogP contribution < -0.4 is 19.1 Å². The summed E-state index contributed by atoms with van der Waals surface area (Å²) in [6.07, 6.45) is 1.98. The van der Waals surface area contributed by atoms with Crippen LogP contribution in [-0.4, -0.2) is 50.6 Å². The molecule has 0 aromatic heterocycles. The van der Waals surface area contributed by atoms with E-state index in [9.17, 15) is 9.59 Å². The lowest BCUT2D eigenvalue weighted by molar-refractivity contribution is -0.120. The minimum Gasteiger partial charge on any atom is -0.494 e. The van der Waals surface area contributed by atoms with Crippen molar-refractivity contribution < 1.29 is 23.8 Å². The monoisotopic (exact) mass is 422 g/mol. The zero-order chi connectivity index (χ0) is 22.0. The van der Waals surface area contributed by atoms with Gasteiger partial charge in [-0.3, -0.25) is 9.59 Å². The minimum absolute atomic E-state index is 0.315. The molecule has 7 nitrogen and oxygen atoms in total. The molecule has 0 N–H and O–H groups in total. The molecule has 0 aliphatic carbocycles. The fourth-order valence-corrected chi connectivity index (χ4v) is 4.12. The van der Waals surface area contributed by atoms with Crippen molar-refractivity contribution in [2.24, 2.45) is 0 Å². The summed E-state index contributed by atoms with van der Waals surface area (Å²) in [5.41, 5.74) is 1.95. The van der Waals surface area contributed by atoms with Crippen LogP contribution in [-0.2, 0) is 9.59 Å². The molecule has 0 atom stereocenters. The van der Waals surface area contributed by atoms with Gasteiger partial charge in [0.2, 0.25) is 0 Å². The average Bonchev–Trinajstić information content (AvgIpc) is 3.39. The Morgan fingerprint density at radius 1 is 0.903 bits per heavy atom. The predicted molar refractivity (Wildman–Crippen MR) is 117 cm³/mol.